The van der Waals surface area contributed by atoms with E-state index in [-0.39, 0.29) is 24.9 Å². The molecule has 1 fully saturated rings. The molecule has 130 valence electrons. The Morgan fingerprint density at radius 2 is 1.73 bits per heavy atom. The van der Waals surface area contributed by atoms with E-state index in [1.165, 1.54) is 0 Å². The van der Waals surface area contributed by atoms with Crippen molar-refractivity contribution in [3.05, 3.63) is 0 Å². The van der Waals surface area contributed by atoms with Crippen LogP contribution in [0.15, 0.2) is 0 Å². The van der Waals surface area contributed by atoms with Gasteiger partial charge < -0.3 is 15.4 Å². The molecule has 0 aromatic rings. The highest BCUT2D eigenvalue weighted by Gasteiger charge is 2.41. The lowest BCUT2D eigenvalue weighted by molar-refractivity contribution is -0.182. The fourth-order valence-corrected chi connectivity index (χ4v) is 2.53. The minimum Gasteiger partial charge on any atom is -0.444 e. The normalized spacial score (nSPS) is 24.7. The molecule has 1 saturated carbocycles. The Hall–Kier alpha value is -0.980. The maximum atomic E-state index is 12.6. The first-order chi connectivity index (χ1) is 9.97. The molecule has 1 aliphatic carbocycles. The van der Waals surface area contributed by atoms with Gasteiger partial charge in [-0.2, -0.15) is 13.2 Å². The minimum atomic E-state index is -4.07. The van der Waals surface area contributed by atoms with Gasteiger partial charge in [0.1, 0.15) is 5.60 Å². The molecule has 7 heteroatoms. The summed E-state index contributed by atoms with van der Waals surface area (Å²) in [7, 11) is 0. The highest BCUT2D eigenvalue weighted by atomic mass is 19.4. The predicted molar refractivity (Wildman–Crippen MR) is 78.6 cm³/mol. The summed E-state index contributed by atoms with van der Waals surface area (Å²) in [6.07, 6.45) is -3.17. The lowest BCUT2D eigenvalue weighted by Crippen LogP contribution is -2.46. The Morgan fingerprint density at radius 3 is 2.18 bits per heavy atom. The quantitative estimate of drug-likeness (QED) is 0.830. The maximum absolute atomic E-state index is 12.6. The van der Waals surface area contributed by atoms with Crippen molar-refractivity contribution < 1.29 is 22.7 Å². The molecule has 0 heterocycles. The van der Waals surface area contributed by atoms with Crippen molar-refractivity contribution >= 4 is 6.09 Å². The van der Waals surface area contributed by atoms with Gasteiger partial charge in [0.05, 0.1) is 5.92 Å². The standard InChI is InChI=1S/C15H27F3N2O2/c1-10(20-13(21)22-14(2,3)4)9-19-12-7-5-11(6-8-12)15(16,17)18/h10-12,19H,5-9H2,1-4H3,(H,20,21). The first-order valence-electron chi connectivity index (χ1n) is 7.77. The number of rotatable bonds is 4. The second kappa shape index (κ2) is 7.53. The van der Waals surface area contributed by atoms with Crippen LogP contribution in [0.25, 0.3) is 0 Å². The summed E-state index contributed by atoms with van der Waals surface area (Å²) in [5.74, 6) is -1.16. The molecule has 22 heavy (non-hydrogen) atoms. The van der Waals surface area contributed by atoms with Crippen molar-refractivity contribution in [3.63, 3.8) is 0 Å². The van der Waals surface area contributed by atoms with Crippen molar-refractivity contribution in [3.8, 4) is 0 Å². The largest absolute Gasteiger partial charge is 0.444 e. The highest BCUT2D eigenvalue weighted by molar-refractivity contribution is 5.68. The van der Waals surface area contributed by atoms with Crippen LogP contribution in [0.1, 0.15) is 53.4 Å². The van der Waals surface area contributed by atoms with Gasteiger partial charge in [-0.1, -0.05) is 0 Å². The van der Waals surface area contributed by atoms with E-state index in [0.717, 1.165) is 0 Å². The van der Waals surface area contributed by atoms with Gasteiger partial charge in [-0.15, -0.1) is 0 Å². The molecule has 4 nitrogen and oxygen atoms in total. The maximum Gasteiger partial charge on any atom is 0.407 e. The molecule has 0 radical (unpaired) electrons. The third-order valence-corrected chi connectivity index (χ3v) is 3.67. The van der Waals surface area contributed by atoms with Crippen LogP contribution in [-0.2, 0) is 4.74 Å². The summed E-state index contributed by atoms with van der Waals surface area (Å²) >= 11 is 0. The molecular formula is C15H27F3N2O2. The number of alkyl carbamates (subject to hydrolysis) is 1. The van der Waals surface area contributed by atoms with E-state index in [1.807, 2.05) is 6.92 Å². The van der Waals surface area contributed by atoms with E-state index in [4.69, 9.17) is 4.74 Å². The molecule has 1 aliphatic rings. The van der Waals surface area contributed by atoms with Crippen LogP contribution < -0.4 is 10.6 Å². The van der Waals surface area contributed by atoms with Crippen molar-refractivity contribution in [2.45, 2.75) is 77.2 Å². The molecular weight excluding hydrogens is 297 g/mol. The fourth-order valence-electron chi connectivity index (χ4n) is 2.53. The first kappa shape index (κ1) is 19.1. The van der Waals surface area contributed by atoms with E-state index in [0.29, 0.717) is 19.4 Å². The average Bonchev–Trinajstić information content (AvgIpc) is 2.33. The first-order valence-corrected chi connectivity index (χ1v) is 7.77. The molecule has 0 aliphatic heterocycles. The number of carbonyl (C=O) groups is 1. The number of amides is 1. The van der Waals surface area contributed by atoms with Crippen molar-refractivity contribution in [1.82, 2.24) is 10.6 Å². The van der Waals surface area contributed by atoms with E-state index >= 15 is 0 Å². The van der Waals surface area contributed by atoms with Crippen molar-refractivity contribution in [2.75, 3.05) is 6.54 Å². The van der Waals surface area contributed by atoms with Crippen LogP contribution in [0.3, 0.4) is 0 Å². The molecule has 0 saturated heterocycles. The summed E-state index contributed by atoms with van der Waals surface area (Å²) in [5.41, 5.74) is -0.548. The summed E-state index contributed by atoms with van der Waals surface area (Å²) in [6.45, 7) is 7.70. The zero-order valence-corrected chi connectivity index (χ0v) is 13.7. The molecule has 0 spiro atoms. The number of hydrogen-bond acceptors (Lipinski definition) is 3. The van der Waals surface area contributed by atoms with Gasteiger partial charge in [0.25, 0.3) is 0 Å². The number of hydrogen-bond donors (Lipinski definition) is 2. The number of ether oxygens (including phenoxy) is 1. The Balaban J connectivity index is 2.23. The van der Waals surface area contributed by atoms with Gasteiger partial charge >= 0.3 is 12.3 Å². The zero-order valence-electron chi connectivity index (χ0n) is 13.7. The SMILES string of the molecule is CC(CNC1CCC(C(F)(F)F)CC1)NC(=O)OC(C)(C)C. The third kappa shape index (κ3) is 7.33. The number of alkyl halides is 3. The van der Waals surface area contributed by atoms with Crippen LogP contribution in [0, 0.1) is 5.92 Å². The van der Waals surface area contributed by atoms with Gasteiger partial charge in [-0.05, 0) is 53.4 Å². The Labute approximate surface area is 130 Å². The molecule has 0 bridgehead atoms. The monoisotopic (exact) mass is 324 g/mol. The molecule has 0 aromatic heterocycles. The number of nitrogens with one attached hydrogen (secondary N) is 2. The summed E-state index contributed by atoms with van der Waals surface area (Å²) in [5, 5.41) is 5.93. The molecule has 1 rings (SSSR count). The van der Waals surface area contributed by atoms with Crippen LogP contribution in [-0.4, -0.2) is 36.5 Å². The lowest BCUT2D eigenvalue weighted by atomic mass is 9.85. The van der Waals surface area contributed by atoms with Crippen molar-refractivity contribution in [2.24, 2.45) is 5.92 Å². The highest BCUT2D eigenvalue weighted by Crippen LogP contribution is 2.37. The Bertz CT molecular complexity index is 359. The van der Waals surface area contributed by atoms with Crippen LogP contribution in [0.5, 0.6) is 0 Å². The van der Waals surface area contributed by atoms with Crippen LogP contribution in [0.4, 0.5) is 18.0 Å². The van der Waals surface area contributed by atoms with E-state index in [2.05, 4.69) is 10.6 Å². The minimum absolute atomic E-state index is 0.0847. The van der Waals surface area contributed by atoms with Gasteiger partial charge in [0.15, 0.2) is 0 Å². The molecule has 1 amide bonds. The molecule has 1 unspecified atom stereocenters. The topological polar surface area (TPSA) is 50.4 Å². The average molecular weight is 324 g/mol. The van der Waals surface area contributed by atoms with E-state index < -0.39 is 23.8 Å². The Kier molecular flexibility index (Phi) is 6.52. The summed E-state index contributed by atoms with van der Waals surface area (Å²) in [4.78, 5) is 11.6. The lowest BCUT2D eigenvalue weighted by Gasteiger charge is -2.31. The van der Waals surface area contributed by atoms with Crippen LogP contribution in [0.2, 0.25) is 0 Å². The second-order valence-electron chi connectivity index (χ2n) is 7.05. The predicted octanol–water partition coefficient (Wildman–Crippen LogP) is 3.61. The molecule has 0 aromatic carbocycles. The van der Waals surface area contributed by atoms with E-state index in [9.17, 15) is 18.0 Å². The van der Waals surface area contributed by atoms with E-state index in [1.54, 1.807) is 20.8 Å². The molecule has 2 N–H and O–H groups in total. The van der Waals surface area contributed by atoms with Crippen LogP contribution >= 0.6 is 0 Å². The van der Waals surface area contributed by atoms with Gasteiger partial charge in [-0.3, -0.25) is 0 Å². The number of halogens is 3. The number of carbonyl (C=O) groups excluding carboxylic acids is 1. The Morgan fingerprint density at radius 1 is 1.18 bits per heavy atom. The summed E-state index contributed by atoms with van der Waals surface area (Å²) in [6, 6.07) is -0.0586. The fraction of sp³-hybridized carbons (Fsp3) is 0.933. The van der Waals surface area contributed by atoms with Gasteiger partial charge in [0, 0.05) is 18.6 Å². The third-order valence-electron chi connectivity index (χ3n) is 3.67. The van der Waals surface area contributed by atoms with Crippen molar-refractivity contribution in [1.29, 1.82) is 0 Å². The smallest absolute Gasteiger partial charge is 0.407 e. The van der Waals surface area contributed by atoms with Gasteiger partial charge in [0.2, 0.25) is 0 Å². The van der Waals surface area contributed by atoms with Gasteiger partial charge in [-0.25, -0.2) is 4.79 Å². The zero-order chi connectivity index (χ0) is 17.0. The molecule has 1 atom stereocenters. The summed E-state index contributed by atoms with van der Waals surface area (Å²) < 4.78 is 42.9. The second-order valence-corrected chi connectivity index (χ2v) is 7.05.